The molecule has 31 heavy (non-hydrogen) atoms. The summed E-state index contributed by atoms with van der Waals surface area (Å²) in [6.07, 6.45) is -4.20. The van der Waals surface area contributed by atoms with E-state index in [-0.39, 0.29) is 12.8 Å². The van der Waals surface area contributed by atoms with Gasteiger partial charge in [0.2, 0.25) is 5.91 Å². The lowest BCUT2D eigenvalue weighted by Crippen LogP contribution is -2.17. The fourth-order valence-corrected chi connectivity index (χ4v) is 3.87. The van der Waals surface area contributed by atoms with Crippen LogP contribution in [0.25, 0.3) is 11.0 Å². The predicted molar refractivity (Wildman–Crippen MR) is 114 cm³/mol. The second-order valence-electron chi connectivity index (χ2n) is 6.80. The van der Waals surface area contributed by atoms with Crippen molar-refractivity contribution in [2.24, 2.45) is 0 Å². The number of halogens is 3. The van der Waals surface area contributed by atoms with E-state index in [1.807, 2.05) is 0 Å². The summed E-state index contributed by atoms with van der Waals surface area (Å²) in [4.78, 5) is 25.1. The molecule has 0 spiro atoms. The van der Waals surface area contributed by atoms with Crippen LogP contribution in [0.1, 0.15) is 17.5 Å². The van der Waals surface area contributed by atoms with E-state index < -0.39 is 23.5 Å². The van der Waals surface area contributed by atoms with Crippen LogP contribution in [0.2, 0.25) is 0 Å². The fraction of sp³-hybridized carbons (Fsp3) is 0.273. The number of para-hydroxylation sites is 1. The number of ether oxygens (including phenoxy) is 1. The molecule has 164 valence electrons. The largest absolute Gasteiger partial charge is 0.497 e. The molecule has 0 aliphatic rings. The van der Waals surface area contributed by atoms with Crippen molar-refractivity contribution < 1.29 is 27.1 Å². The highest BCUT2D eigenvalue weighted by Gasteiger charge is 2.27. The van der Waals surface area contributed by atoms with Crippen molar-refractivity contribution in [2.45, 2.75) is 30.8 Å². The zero-order chi connectivity index (χ0) is 22.6. The molecule has 0 unspecified atom stereocenters. The first-order chi connectivity index (χ1) is 14.7. The number of fused-ring (bicyclic) bond motifs is 1. The van der Waals surface area contributed by atoms with Crippen molar-refractivity contribution in [1.82, 2.24) is 0 Å². The van der Waals surface area contributed by atoms with Gasteiger partial charge in [-0.15, -0.1) is 11.8 Å². The number of nitrogens with one attached hydrogen (secondary N) is 1. The summed E-state index contributed by atoms with van der Waals surface area (Å²) < 4.78 is 48.1. The van der Waals surface area contributed by atoms with Gasteiger partial charge in [0, 0.05) is 28.3 Å². The number of anilines is 1. The molecule has 3 aromatic rings. The zero-order valence-corrected chi connectivity index (χ0v) is 17.7. The van der Waals surface area contributed by atoms with Crippen molar-refractivity contribution in [3.05, 3.63) is 64.0 Å². The molecule has 0 bridgehead atoms. The number of benzene rings is 2. The molecule has 0 saturated carbocycles. The van der Waals surface area contributed by atoms with Crippen LogP contribution in [0.3, 0.4) is 0 Å². The van der Waals surface area contributed by atoms with Gasteiger partial charge in [0.1, 0.15) is 11.3 Å². The average molecular weight is 451 g/mol. The van der Waals surface area contributed by atoms with Crippen molar-refractivity contribution in [2.75, 3.05) is 18.2 Å². The van der Waals surface area contributed by atoms with Gasteiger partial charge in [-0.2, -0.15) is 13.2 Å². The zero-order valence-electron chi connectivity index (χ0n) is 16.8. The van der Waals surface area contributed by atoms with E-state index in [1.54, 1.807) is 43.3 Å². The maximum absolute atomic E-state index is 12.5. The molecule has 1 amide bonds. The van der Waals surface area contributed by atoms with E-state index in [4.69, 9.17) is 9.15 Å². The highest BCUT2D eigenvalue weighted by Crippen LogP contribution is 2.32. The molecule has 0 radical (unpaired) electrons. The summed E-state index contributed by atoms with van der Waals surface area (Å²) >= 11 is 0.605. The first-order valence-electron chi connectivity index (χ1n) is 9.36. The van der Waals surface area contributed by atoms with Crippen molar-refractivity contribution >= 4 is 34.3 Å². The van der Waals surface area contributed by atoms with Crippen molar-refractivity contribution in [3.63, 3.8) is 0 Å². The fourth-order valence-electron chi connectivity index (χ4n) is 3.10. The predicted octanol–water partition coefficient (Wildman–Crippen LogP) is 5.34. The van der Waals surface area contributed by atoms with Crippen molar-refractivity contribution in [1.29, 1.82) is 0 Å². The molecule has 5 nitrogen and oxygen atoms in total. The lowest BCUT2D eigenvalue weighted by atomic mass is 10.0. The highest BCUT2D eigenvalue weighted by atomic mass is 32.2. The Morgan fingerprint density at radius 3 is 2.65 bits per heavy atom. The summed E-state index contributed by atoms with van der Waals surface area (Å²) in [7, 11) is 1.51. The Balaban J connectivity index is 1.72. The maximum Gasteiger partial charge on any atom is 0.398 e. The number of aryl methyl sites for hydroxylation is 1. The molecule has 0 saturated heterocycles. The van der Waals surface area contributed by atoms with Gasteiger partial charge in [-0.25, -0.2) is 4.79 Å². The first kappa shape index (κ1) is 22.7. The van der Waals surface area contributed by atoms with E-state index in [1.165, 1.54) is 13.2 Å². The third-order valence-corrected chi connectivity index (χ3v) is 5.79. The number of rotatable bonds is 7. The van der Waals surface area contributed by atoms with Crippen LogP contribution >= 0.6 is 11.8 Å². The van der Waals surface area contributed by atoms with E-state index in [2.05, 4.69) is 5.32 Å². The van der Waals surface area contributed by atoms with Crippen molar-refractivity contribution in [3.8, 4) is 5.75 Å². The second-order valence-corrected chi connectivity index (χ2v) is 7.82. The van der Waals surface area contributed by atoms with Crippen LogP contribution in [0.15, 0.2) is 56.6 Å². The number of methoxy groups -OCH3 is 1. The minimum atomic E-state index is -4.31. The van der Waals surface area contributed by atoms with Crippen LogP contribution in [0.5, 0.6) is 5.75 Å². The lowest BCUT2D eigenvalue weighted by molar-refractivity contribution is -0.116. The van der Waals surface area contributed by atoms with E-state index >= 15 is 0 Å². The van der Waals surface area contributed by atoms with Gasteiger partial charge in [0.15, 0.2) is 0 Å². The Kier molecular flexibility index (Phi) is 6.94. The van der Waals surface area contributed by atoms with Crippen LogP contribution in [0, 0.1) is 6.92 Å². The van der Waals surface area contributed by atoms with Crippen LogP contribution < -0.4 is 15.7 Å². The van der Waals surface area contributed by atoms with Gasteiger partial charge in [-0.05, 0) is 43.2 Å². The number of hydrogen-bond acceptors (Lipinski definition) is 5. The number of carbonyl (C=O) groups is 1. The monoisotopic (exact) mass is 451 g/mol. The third kappa shape index (κ3) is 5.81. The quantitative estimate of drug-likeness (QED) is 0.388. The molecule has 3 rings (SSSR count). The van der Waals surface area contributed by atoms with Gasteiger partial charge in [-0.1, -0.05) is 12.1 Å². The molecule has 0 aliphatic carbocycles. The number of carbonyl (C=O) groups excluding carboxylic acids is 1. The molecular weight excluding hydrogens is 431 g/mol. The van der Waals surface area contributed by atoms with Gasteiger partial charge >= 0.3 is 11.8 Å². The minimum absolute atomic E-state index is 0.0223. The van der Waals surface area contributed by atoms with E-state index in [0.717, 1.165) is 5.39 Å². The number of thioether (sulfide) groups is 1. The molecule has 0 atom stereocenters. The van der Waals surface area contributed by atoms with E-state index in [9.17, 15) is 22.8 Å². The highest BCUT2D eigenvalue weighted by molar-refractivity contribution is 7.99. The summed E-state index contributed by atoms with van der Waals surface area (Å²) in [6, 6.07) is 11.4. The second kappa shape index (κ2) is 9.47. The summed E-state index contributed by atoms with van der Waals surface area (Å²) in [5.41, 5.74) is 1.25. The lowest BCUT2D eigenvalue weighted by Gasteiger charge is -2.12. The molecule has 1 N–H and O–H groups in total. The standard InChI is InChI=1S/C22H20F3NO4S/c1-13-15-8-7-14(29-2)11-18(15)30-21(28)16(13)9-10-20(27)26-17-5-3-4-6-19(17)31-12-22(23,24)25/h3-8,11H,9-10,12H2,1-2H3,(H,26,27). The Bertz CT molecular complexity index is 1160. The Labute approximate surface area is 180 Å². The maximum atomic E-state index is 12.5. The van der Waals surface area contributed by atoms with E-state index in [0.29, 0.717) is 44.8 Å². The molecule has 0 aliphatic heterocycles. The SMILES string of the molecule is COc1ccc2c(C)c(CCC(=O)Nc3ccccc3SCC(F)(F)F)c(=O)oc2c1. The first-order valence-corrected chi connectivity index (χ1v) is 10.4. The molecule has 2 aromatic carbocycles. The summed E-state index contributed by atoms with van der Waals surface area (Å²) in [6.45, 7) is 1.78. The summed E-state index contributed by atoms with van der Waals surface area (Å²) in [5.74, 6) is -0.903. The molecule has 1 heterocycles. The Morgan fingerprint density at radius 2 is 1.94 bits per heavy atom. The topological polar surface area (TPSA) is 68.5 Å². The Hall–Kier alpha value is -2.94. The smallest absolute Gasteiger partial charge is 0.398 e. The normalized spacial score (nSPS) is 11.5. The van der Waals surface area contributed by atoms with Gasteiger partial charge in [0.25, 0.3) is 0 Å². The third-order valence-electron chi connectivity index (χ3n) is 4.65. The van der Waals surface area contributed by atoms with Crippen LogP contribution in [-0.4, -0.2) is 24.9 Å². The van der Waals surface area contributed by atoms with Gasteiger partial charge in [-0.3, -0.25) is 4.79 Å². The van der Waals surface area contributed by atoms with Crippen LogP contribution in [0.4, 0.5) is 18.9 Å². The average Bonchev–Trinajstić information content (AvgIpc) is 2.72. The van der Waals surface area contributed by atoms with Gasteiger partial charge in [0.05, 0.1) is 18.6 Å². The number of alkyl halides is 3. The van der Waals surface area contributed by atoms with Crippen LogP contribution in [-0.2, 0) is 11.2 Å². The summed E-state index contributed by atoms with van der Waals surface area (Å²) in [5, 5.41) is 3.37. The number of amides is 1. The van der Waals surface area contributed by atoms with Gasteiger partial charge < -0.3 is 14.5 Å². The molecule has 9 heteroatoms. The molecule has 0 fully saturated rings. The Morgan fingerprint density at radius 1 is 1.19 bits per heavy atom. The molecule has 1 aromatic heterocycles. The number of hydrogen-bond donors (Lipinski definition) is 1. The molecular formula is C22H20F3NO4S. The minimum Gasteiger partial charge on any atom is -0.497 e.